The lowest BCUT2D eigenvalue weighted by molar-refractivity contribution is -0.323. The van der Waals surface area contributed by atoms with Gasteiger partial charge in [-0.05, 0) is 120 Å². The molecule has 1 heterocycles. The van der Waals surface area contributed by atoms with Gasteiger partial charge in [-0.2, -0.15) is 0 Å². The predicted molar refractivity (Wildman–Crippen MR) is 176 cm³/mol. The zero-order chi connectivity index (χ0) is 32.6. The van der Waals surface area contributed by atoms with Crippen molar-refractivity contribution in [3.05, 3.63) is 58.2 Å². The molecule has 0 saturated carbocycles. The molecule has 248 valence electrons. The van der Waals surface area contributed by atoms with Crippen LogP contribution in [0, 0.1) is 0 Å². The Morgan fingerprint density at radius 2 is 1.16 bits per heavy atom. The van der Waals surface area contributed by atoms with E-state index in [1.54, 1.807) is 6.92 Å². The number of hydrogen-bond acceptors (Lipinski definition) is 7. The third kappa shape index (κ3) is 15.8. The lowest BCUT2D eigenvalue weighted by Gasteiger charge is -2.43. The van der Waals surface area contributed by atoms with Gasteiger partial charge in [-0.15, -0.1) is 0 Å². The van der Waals surface area contributed by atoms with E-state index in [9.17, 15) is 25.5 Å². The maximum Gasteiger partial charge on any atom is 0.187 e. The van der Waals surface area contributed by atoms with Crippen LogP contribution in [0.1, 0.15) is 120 Å². The number of rotatable bonds is 19. The summed E-state index contributed by atoms with van der Waals surface area (Å²) in [7, 11) is 0. The fourth-order valence-electron chi connectivity index (χ4n) is 5.15. The van der Waals surface area contributed by atoms with Crippen LogP contribution in [-0.4, -0.2) is 74.6 Å². The van der Waals surface area contributed by atoms with Crippen molar-refractivity contribution in [2.75, 3.05) is 6.61 Å². The third-order valence-electron chi connectivity index (χ3n) is 8.12. The fourth-order valence-corrected chi connectivity index (χ4v) is 5.15. The van der Waals surface area contributed by atoms with Crippen molar-refractivity contribution in [3.63, 3.8) is 0 Å². The first-order chi connectivity index (χ1) is 20.2. The highest BCUT2D eigenvalue weighted by atomic mass is 16.7. The smallest absolute Gasteiger partial charge is 0.187 e. The van der Waals surface area contributed by atoms with Crippen LogP contribution in [0.4, 0.5) is 0 Å². The summed E-state index contributed by atoms with van der Waals surface area (Å²) in [5, 5.41) is 52.2. The topological polar surface area (TPSA) is 120 Å². The summed E-state index contributed by atoms with van der Waals surface area (Å²) in [5.74, 6) is 0. The molecule has 1 saturated heterocycles. The second-order valence-electron chi connectivity index (χ2n) is 13.1. The largest absolute Gasteiger partial charge is 0.394 e. The SMILES string of the molecule is CC(C)=CCC/C(C)=C/CC/C(C)=C/CCC(O[C@@H]1O[C@H](CO)[C@@H](O)[C@H](O)[C@@H]1O)C(C)(O)CC/C=C(\C)CCC=C(C)C. The molecule has 1 aliphatic heterocycles. The molecule has 0 aliphatic carbocycles. The molecular formula is C36H62O7. The van der Waals surface area contributed by atoms with Crippen LogP contribution in [0.2, 0.25) is 0 Å². The Morgan fingerprint density at radius 3 is 1.65 bits per heavy atom. The maximum atomic E-state index is 11.6. The monoisotopic (exact) mass is 606 g/mol. The van der Waals surface area contributed by atoms with Gasteiger partial charge < -0.3 is 35.0 Å². The molecule has 0 bridgehead atoms. The summed E-state index contributed by atoms with van der Waals surface area (Å²) in [4.78, 5) is 0. The second-order valence-corrected chi connectivity index (χ2v) is 13.1. The Morgan fingerprint density at radius 1 is 0.698 bits per heavy atom. The molecule has 0 amide bonds. The predicted octanol–water partition coefficient (Wildman–Crippen LogP) is 6.59. The van der Waals surface area contributed by atoms with E-state index in [0.717, 1.165) is 38.5 Å². The molecule has 7 nitrogen and oxygen atoms in total. The number of ether oxygens (including phenoxy) is 2. The van der Waals surface area contributed by atoms with E-state index in [1.807, 2.05) is 0 Å². The van der Waals surface area contributed by atoms with Gasteiger partial charge in [0.05, 0.1) is 18.3 Å². The van der Waals surface area contributed by atoms with Crippen molar-refractivity contribution < 1.29 is 35.0 Å². The molecule has 5 N–H and O–H groups in total. The normalized spacial score (nSPS) is 25.7. The van der Waals surface area contributed by atoms with Gasteiger partial charge >= 0.3 is 0 Å². The molecule has 2 unspecified atom stereocenters. The van der Waals surface area contributed by atoms with Gasteiger partial charge in [-0.3, -0.25) is 0 Å². The lowest BCUT2D eigenvalue weighted by atomic mass is 9.89. The zero-order valence-electron chi connectivity index (χ0n) is 28.2. The highest BCUT2D eigenvalue weighted by molar-refractivity contribution is 5.06. The van der Waals surface area contributed by atoms with E-state index in [2.05, 4.69) is 78.8 Å². The Balaban J connectivity index is 2.91. The molecule has 0 aromatic rings. The average Bonchev–Trinajstić information content (AvgIpc) is 2.91. The maximum absolute atomic E-state index is 11.6. The minimum Gasteiger partial charge on any atom is -0.394 e. The van der Waals surface area contributed by atoms with Crippen LogP contribution < -0.4 is 0 Å². The van der Waals surface area contributed by atoms with E-state index in [4.69, 9.17) is 9.47 Å². The van der Waals surface area contributed by atoms with Crippen molar-refractivity contribution in [3.8, 4) is 0 Å². The van der Waals surface area contributed by atoms with Crippen molar-refractivity contribution in [2.24, 2.45) is 0 Å². The van der Waals surface area contributed by atoms with Gasteiger partial charge in [0.2, 0.25) is 0 Å². The van der Waals surface area contributed by atoms with Gasteiger partial charge in [0.1, 0.15) is 24.4 Å². The Hall–Kier alpha value is -1.58. The summed E-state index contributed by atoms with van der Waals surface area (Å²) < 4.78 is 11.8. The van der Waals surface area contributed by atoms with Crippen molar-refractivity contribution >= 4 is 0 Å². The fraction of sp³-hybridized carbons (Fsp3) is 0.722. The molecule has 0 spiro atoms. The van der Waals surface area contributed by atoms with Crippen LogP contribution in [0.15, 0.2) is 58.2 Å². The van der Waals surface area contributed by atoms with Gasteiger partial charge in [-0.1, -0.05) is 58.2 Å². The first-order valence-corrected chi connectivity index (χ1v) is 16.1. The summed E-state index contributed by atoms with van der Waals surface area (Å²) in [6.45, 7) is 16.0. The van der Waals surface area contributed by atoms with E-state index >= 15 is 0 Å². The quantitative estimate of drug-likeness (QED) is 0.105. The van der Waals surface area contributed by atoms with Gasteiger partial charge in [-0.25, -0.2) is 0 Å². The second kappa shape index (κ2) is 20.5. The molecule has 1 fully saturated rings. The Labute approximate surface area is 261 Å². The lowest BCUT2D eigenvalue weighted by Crippen LogP contribution is -2.60. The van der Waals surface area contributed by atoms with Crippen molar-refractivity contribution in [2.45, 2.75) is 162 Å². The third-order valence-corrected chi connectivity index (χ3v) is 8.12. The van der Waals surface area contributed by atoms with Crippen LogP contribution in [0.3, 0.4) is 0 Å². The highest BCUT2D eigenvalue weighted by Gasteiger charge is 2.46. The van der Waals surface area contributed by atoms with Crippen LogP contribution >= 0.6 is 0 Å². The summed E-state index contributed by atoms with van der Waals surface area (Å²) in [6.07, 6.45) is 11.8. The molecule has 7 heteroatoms. The average molecular weight is 607 g/mol. The van der Waals surface area contributed by atoms with Gasteiger partial charge in [0.15, 0.2) is 6.29 Å². The van der Waals surface area contributed by atoms with Gasteiger partial charge in [0.25, 0.3) is 0 Å². The molecule has 0 radical (unpaired) electrons. The minimum absolute atomic E-state index is 0.439. The summed E-state index contributed by atoms with van der Waals surface area (Å²) in [6, 6.07) is 0. The summed E-state index contributed by atoms with van der Waals surface area (Å²) in [5.41, 5.74) is 5.32. The molecule has 1 rings (SSSR count). The molecule has 0 aromatic carbocycles. The van der Waals surface area contributed by atoms with Crippen LogP contribution in [-0.2, 0) is 9.47 Å². The highest BCUT2D eigenvalue weighted by Crippen LogP contribution is 2.30. The number of aliphatic hydroxyl groups excluding tert-OH is 4. The number of allylic oxidation sites excluding steroid dienone is 10. The van der Waals surface area contributed by atoms with E-state index in [-0.39, 0.29) is 0 Å². The number of hydrogen-bond donors (Lipinski definition) is 5. The van der Waals surface area contributed by atoms with Crippen molar-refractivity contribution in [1.29, 1.82) is 0 Å². The minimum atomic E-state index is -1.53. The standard InChI is InChI=1S/C36H62O7/c1-25(2)14-9-16-27(5)18-11-19-28(6)20-12-22-31(43-35-34(40)33(39)32(38)30(24-37)42-35)36(8,41)23-13-21-29(7)17-10-15-26(3)4/h14-15,18,20-21,30-35,37-41H,9-13,16-17,19,22-24H2,1-8H3/b27-18+,28-20+,29-21+/t30-,31?,32-,33+,34+,35+,36?/m1/s1. The Kier molecular flexibility index (Phi) is 18.8. The summed E-state index contributed by atoms with van der Waals surface area (Å²) >= 11 is 0. The van der Waals surface area contributed by atoms with E-state index in [1.165, 1.54) is 27.9 Å². The van der Waals surface area contributed by atoms with Crippen LogP contribution in [0.25, 0.3) is 0 Å². The van der Waals surface area contributed by atoms with E-state index in [0.29, 0.717) is 25.7 Å². The molecule has 1 aliphatic rings. The molecule has 43 heavy (non-hydrogen) atoms. The molecule has 7 atom stereocenters. The first kappa shape index (κ1) is 39.4. The zero-order valence-corrected chi connectivity index (χ0v) is 28.2. The molecule has 0 aromatic heterocycles. The first-order valence-electron chi connectivity index (χ1n) is 16.1. The van der Waals surface area contributed by atoms with Gasteiger partial charge in [0, 0.05) is 0 Å². The number of aliphatic hydroxyl groups is 5. The van der Waals surface area contributed by atoms with Crippen molar-refractivity contribution in [1.82, 2.24) is 0 Å². The van der Waals surface area contributed by atoms with E-state index < -0.39 is 49.0 Å². The molecular weight excluding hydrogens is 544 g/mol. The van der Waals surface area contributed by atoms with Crippen LogP contribution in [0.5, 0.6) is 0 Å². The Bertz CT molecular complexity index is 949.